The summed E-state index contributed by atoms with van der Waals surface area (Å²) in [6.07, 6.45) is 3.28. The summed E-state index contributed by atoms with van der Waals surface area (Å²) in [6, 6.07) is 0. The largest absolute Gasteiger partial charge is 0.376 e. The van der Waals surface area contributed by atoms with Gasteiger partial charge in [-0.25, -0.2) is 0 Å². The molecule has 1 N–H and O–H groups in total. The minimum Gasteiger partial charge on any atom is -0.376 e. The number of hydrogen-bond acceptors (Lipinski definition) is 3. The highest BCUT2D eigenvalue weighted by atomic mass is 16.5. The number of rotatable bonds is 2. The standard InChI is InChI=1S/C12H20N2O3/c1-12(2)11(16)13-7-10(15)14(12)8-9-5-3-4-6-17-9/h9H,3-8H2,1-2H3,(H,13,16). The van der Waals surface area contributed by atoms with Gasteiger partial charge in [-0.05, 0) is 33.1 Å². The lowest BCUT2D eigenvalue weighted by Crippen LogP contribution is -2.65. The molecule has 1 unspecified atom stereocenters. The fraction of sp³-hybridized carbons (Fsp3) is 0.833. The maximum atomic E-state index is 11.9. The smallest absolute Gasteiger partial charge is 0.245 e. The van der Waals surface area contributed by atoms with Crippen molar-refractivity contribution < 1.29 is 14.3 Å². The Bertz CT molecular complexity index is 322. The molecule has 2 heterocycles. The molecule has 0 aliphatic carbocycles. The van der Waals surface area contributed by atoms with E-state index < -0.39 is 5.54 Å². The molecule has 0 aromatic rings. The molecule has 17 heavy (non-hydrogen) atoms. The normalized spacial score (nSPS) is 29.1. The van der Waals surface area contributed by atoms with Crippen LogP contribution in [0.4, 0.5) is 0 Å². The van der Waals surface area contributed by atoms with Crippen LogP contribution in [0.1, 0.15) is 33.1 Å². The van der Waals surface area contributed by atoms with Gasteiger partial charge in [0.1, 0.15) is 5.54 Å². The molecule has 2 rings (SSSR count). The van der Waals surface area contributed by atoms with Crippen molar-refractivity contribution in [3.8, 4) is 0 Å². The van der Waals surface area contributed by atoms with Gasteiger partial charge in [0.15, 0.2) is 0 Å². The van der Waals surface area contributed by atoms with Crippen LogP contribution in [0.3, 0.4) is 0 Å². The summed E-state index contributed by atoms with van der Waals surface area (Å²) >= 11 is 0. The highest BCUT2D eigenvalue weighted by molar-refractivity contribution is 5.97. The third-order valence-electron chi connectivity index (χ3n) is 3.59. The first-order valence-electron chi connectivity index (χ1n) is 6.22. The van der Waals surface area contributed by atoms with Crippen LogP contribution in [-0.4, -0.2) is 48.1 Å². The molecular formula is C12H20N2O3. The fourth-order valence-corrected chi connectivity index (χ4v) is 2.39. The van der Waals surface area contributed by atoms with Crippen molar-refractivity contribution in [2.24, 2.45) is 0 Å². The van der Waals surface area contributed by atoms with Crippen LogP contribution >= 0.6 is 0 Å². The molecule has 0 bridgehead atoms. The number of ether oxygens (including phenoxy) is 1. The topological polar surface area (TPSA) is 58.6 Å². The van der Waals surface area contributed by atoms with E-state index in [0.29, 0.717) is 6.54 Å². The fourth-order valence-electron chi connectivity index (χ4n) is 2.39. The van der Waals surface area contributed by atoms with Crippen molar-refractivity contribution in [3.63, 3.8) is 0 Å². The van der Waals surface area contributed by atoms with Crippen LogP contribution in [-0.2, 0) is 14.3 Å². The Morgan fingerprint density at radius 2 is 2.18 bits per heavy atom. The maximum absolute atomic E-state index is 11.9. The van der Waals surface area contributed by atoms with Gasteiger partial charge in [0.2, 0.25) is 11.8 Å². The molecule has 5 nitrogen and oxygen atoms in total. The van der Waals surface area contributed by atoms with Gasteiger partial charge in [0.25, 0.3) is 0 Å². The van der Waals surface area contributed by atoms with Crippen molar-refractivity contribution in [1.82, 2.24) is 10.2 Å². The van der Waals surface area contributed by atoms with Gasteiger partial charge in [-0.3, -0.25) is 9.59 Å². The number of hydrogen-bond donors (Lipinski definition) is 1. The van der Waals surface area contributed by atoms with Crippen molar-refractivity contribution in [3.05, 3.63) is 0 Å². The Morgan fingerprint density at radius 3 is 2.82 bits per heavy atom. The van der Waals surface area contributed by atoms with Crippen LogP contribution in [0.2, 0.25) is 0 Å². The van der Waals surface area contributed by atoms with Gasteiger partial charge < -0.3 is 15.0 Å². The van der Waals surface area contributed by atoms with Crippen LogP contribution in [0.5, 0.6) is 0 Å². The molecule has 2 amide bonds. The van der Waals surface area contributed by atoms with Crippen LogP contribution in [0, 0.1) is 0 Å². The number of piperazine rings is 1. The van der Waals surface area contributed by atoms with Gasteiger partial charge in [-0.2, -0.15) is 0 Å². The summed E-state index contributed by atoms with van der Waals surface area (Å²) in [6.45, 7) is 4.96. The molecule has 0 spiro atoms. The number of nitrogens with zero attached hydrogens (tertiary/aromatic N) is 1. The van der Waals surface area contributed by atoms with Crippen LogP contribution < -0.4 is 5.32 Å². The second-order valence-corrected chi connectivity index (χ2v) is 5.23. The van der Waals surface area contributed by atoms with E-state index in [9.17, 15) is 9.59 Å². The summed E-state index contributed by atoms with van der Waals surface area (Å²) in [5, 5.41) is 2.62. The number of carbonyl (C=O) groups is 2. The van der Waals surface area contributed by atoms with Gasteiger partial charge in [0, 0.05) is 13.2 Å². The van der Waals surface area contributed by atoms with E-state index in [1.54, 1.807) is 18.7 Å². The monoisotopic (exact) mass is 240 g/mol. The van der Waals surface area contributed by atoms with E-state index in [-0.39, 0.29) is 24.5 Å². The van der Waals surface area contributed by atoms with Crippen molar-refractivity contribution in [2.45, 2.75) is 44.8 Å². The maximum Gasteiger partial charge on any atom is 0.245 e. The van der Waals surface area contributed by atoms with Gasteiger partial charge in [-0.1, -0.05) is 0 Å². The lowest BCUT2D eigenvalue weighted by atomic mass is 9.97. The van der Waals surface area contributed by atoms with Crippen LogP contribution in [0.25, 0.3) is 0 Å². The minimum atomic E-state index is -0.768. The summed E-state index contributed by atoms with van der Waals surface area (Å²) in [5.41, 5.74) is -0.768. The Morgan fingerprint density at radius 1 is 1.41 bits per heavy atom. The summed E-state index contributed by atoms with van der Waals surface area (Å²) in [4.78, 5) is 25.3. The van der Waals surface area contributed by atoms with Crippen molar-refractivity contribution in [1.29, 1.82) is 0 Å². The number of amides is 2. The first-order chi connectivity index (χ1) is 8.01. The average molecular weight is 240 g/mol. The van der Waals surface area contributed by atoms with Crippen LogP contribution in [0.15, 0.2) is 0 Å². The SMILES string of the molecule is CC1(C)C(=O)NCC(=O)N1CC1CCCCO1. The Hall–Kier alpha value is -1.10. The van der Waals surface area contributed by atoms with Crippen molar-refractivity contribution >= 4 is 11.8 Å². The van der Waals surface area contributed by atoms with Gasteiger partial charge in [-0.15, -0.1) is 0 Å². The Balaban J connectivity index is 2.05. The molecule has 2 saturated heterocycles. The Kier molecular flexibility index (Phi) is 3.38. The first kappa shape index (κ1) is 12.4. The quantitative estimate of drug-likeness (QED) is 0.755. The third kappa shape index (κ3) is 2.44. The van der Waals surface area contributed by atoms with Gasteiger partial charge in [0.05, 0.1) is 12.6 Å². The molecule has 1 atom stereocenters. The van der Waals surface area contributed by atoms with Crippen molar-refractivity contribution in [2.75, 3.05) is 19.7 Å². The molecule has 2 aliphatic rings. The molecule has 96 valence electrons. The first-order valence-corrected chi connectivity index (χ1v) is 6.22. The summed E-state index contributed by atoms with van der Waals surface area (Å²) < 4.78 is 5.63. The zero-order valence-electron chi connectivity index (χ0n) is 10.5. The van der Waals surface area contributed by atoms with E-state index in [0.717, 1.165) is 25.9 Å². The van der Waals surface area contributed by atoms with E-state index >= 15 is 0 Å². The zero-order valence-corrected chi connectivity index (χ0v) is 10.5. The minimum absolute atomic E-state index is 0.0243. The molecule has 0 aromatic heterocycles. The lowest BCUT2D eigenvalue weighted by Gasteiger charge is -2.43. The summed E-state index contributed by atoms with van der Waals surface area (Å²) in [7, 11) is 0. The predicted molar refractivity (Wildman–Crippen MR) is 62.4 cm³/mol. The molecule has 2 fully saturated rings. The molecule has 0 radical (unpaired) electrons. The molecule has 0 aromatic carbocycles. The molecule has 5 heteroatoms. The van der Waals surface area contributed by atoms with E-state index in [4.69, 9.17) is 4.74 Å². The van der Waals surface area contributed by atoms with E-state index in [1.165, 1.54) is 0 Å². The third-order valence-corrected chi connectivity index (χ3v) is 3.59. The number of carbonyl (C=O) groups excluding carboxylic acids is 2. The number of nitrogens with one attached hydrogen (secondary N) is 1. The average Bonchev–Trinajstić information content (AvgIpc) is 2.32. The summed E-state index contributed by atoms with van der Waals surface area (Å²) in [5.74, 6) is -0.114. The van der Waals surface area contributed by atoms with E-state index in [1.807, 2.05) is 0 Å². The lowest BCUT2D eigenvalue weighted by molar-refractivity contribution is -0.154. The molecular weight excluding hydrogens is 220 g/mol. The Labute approximate surface area is 101 Å². The van der Waals surface area contributed by atoms with Gasteiger partial charge >= 0.3 is 0 Å². The highest BCUT2D eigenvalue weighted by Gasteiger charge is 2.42. The van der Waals surface area contributed by atoms with E-state index in [2.05, 4.69) is 5.32 Å². The zero-order chi connectivity index (χ0) is 12.5. The second-order valence-electron chi connectivity index (χ2n) is 5.23. The second kappa shape index (κ2) is 4.64. The molecule has 0 saturated carbocycles. The molecule has 2 aliphatic heterocycles. The predicted octanol–water partition coefficient (Wildman–Crippen LogP) is 0.293. The highest BCUT2D eigenvalue weighted by Crippen LogP contribution is 2.22.